The van der Waals surface area contributed by atoms with E-state index in [0.717, 1.165) is 22.3 Å². The summed E-state index contributed by atoms with van der Waals surface area (Å²) in [7, 11) is 0. The number of hydrogen-bond acceptors (Lipinski definition) is 4. The molecule has 4 rings (SSSR count). The zero-order valence-corrected chi connectivity index (χ0v) is 14.3. The van der Waals surface area contributed by atoms with Gasteiger partial charge in [-0.2, -0.15) is 0 Å². The van der Waals surface area contributed by atoms with Gasteiger partial charge >= 0.3 is 12.1 Å². The number of carboxylic acids is 1. The van der Waals surface area contributed by atoms with E-state index in [2.05, 4.69) is 5.32 Å². The van der Waals surface area contributed by atoms with E-state index in [4.69, 9.17) is 9.15 Å². The van der Waals surface area contributed by atoms with Gasteiger partial charge < -0.3 is 19.6 Å². The molecule has 2 aromatic carbocycles. The second-order valence-corrected chi connectivity index (χ2v) is 6.26. The Balaban J connectivity index is 1.49. The predicted molar refractivity (Wildman–Crippen MR) is 97.3 cm³/mol. The zero-order chi connectivity index (χ0) is 18.8. The van der Waals surface area contributed by atoms with Crippen LogP contribution in [0, 0.1) is 0 Å². The van der Waals surface area contributed by atoms with Crippen LogP contribution in [0.5, 0.6) is 0 Å². The van der Waals surface area contributed by atoms with Crippen molar-refractivity contribution in [3.63, 3.8) is 0 Å². The SMILES string of the molecule is O=C(N[C@@H](C(=O)O)c1ccco1)OCC1c2ccccc2-c2ccccc21. The van der Waals surface area contributed by atoms with Gasteiger partial charge in [0, 0.05) is 5.92 Å². The fourth-order valence-electron chi connectivity index (χ4n) is 3.47. The Kier molecular flexibility index (Phi) is 4.38. The lowest BCUT2D eigenvalue weighted by molar-refractivity contribution is -0.140. The first-order valence-electron chi connectivity index (χ1n) is 8.53. The molecule has 0 spiro atoms. The van der Waals surface area contributed by atoms with E-state index in [0.29, 0.717) is 0 Å². The number of carbonyl (C=O) groups is 2. The third kappa shape index (κ3) is 3.17. The number of nitrogens with one attached hydrogen (secondary N) is 1. The Labute approximate surface area is 155 Å². The number of carbonyl (C=O) groups excluding carboxylic acids is 1. The summed E-state index contributed by atoms with van der Waals surface area (Å²) in [6, 6.07) is 17.7. The first-order chi connectivity index (χ1) is 13.1. The van der Waals surface area contributed by atoms with Crippen LogP contribution in [0.3, 0.4) is 0 Å². The first-order valence-corrected chi connectivity index (χ1v) is 8.53. The van der Waals surface area contributed by atoms with E-state index >= 15 is 0 Å². The largest absolute Gasteiger partial charge is 0.479 e. The molecule has 0 unspecified atom stereocenters. The van der Waals surface area contributed by atoms with E-state index < -0.39 is 18.1 Å². The molecule has 1 heterocycles. The van der Waals surface area contributed by atoms with Gasteiger partial charge in [-0.3, -0.25) is 0 Å². The van der Waals surface area contributed by atoms with E-state index in [9.17, 15) is 14.7 Å². The standard InChI is InChI=1S/C21H17NO5/c23-20(24)19(18-10-5-11-26-18)22-21(25)27-12-17-15-8-3-1-6-13(15)14-7-2-4-9-16(14)17/h1-11,17,19H,12H2,(H,22,25)(H,23,24)/t19-/m1/s1. The number of fused-ring (bicyclic) bond motifs is 3. The van der Waals surface area contributed by atoms with E-state index in [1.54, 1.807) is 6.07 Å². The second-order valence-electron chi connectivity index (χ2n) is 6.26. The van der Waals surface area contributed by atoms with Crippen LogP contribution >= 0.6 is 0 Å². The zero-order valence-electron chi connectivity index (χ0n) is 14.3. The van der Waals surface area contributed by atoms with Crippen LogP contribution in [0.2, 0.25) is 0 Å². The number of benzene rings is 2. The van der Waals surface area contributed by atoms with Gasteiger partial charge in [0.1, 0.15) is 12.4 Å². The molecule has 6 heteroatoms. The van der Waals surface area contributed by atoms with Gasteiger partial charge in [-0.15, -0.1) is 0 Å². The number of aliphatic carboxylic acids is 1. The molecule has 136 valence electrons. The summed E-state index contributed by atoms with van der Waals surface area (Å²) in [5.74, 6) is -1.18. The molecule has 1 atom stereocenters. The van der Waals surface area contributed by atoms with Crippen LogP contribution < -0.4 is 5.32 Å². The molecular formula is C21H17NO5. The molecule has 0 bridgehead atoms. The van der Waals surface area contributed by atoms with Crippen LogP contribution in [-0.2, 0) is 9.53 Å². The molecule has 1 aliphatic rings. The second kappa shape index (κ2) is 6.99. The third-order valence-corrected chi connectivity index (χ3v) is 4.68. The molecule has 3 aromatic rings. The summed E-state index contributed by atoms with van der Waals surface area (Å²) in [4.78, 5) is 23.6. The normalized spacial score (nSPS) is 13.5. The summed E-state index contributed by atoms with van der Waals surface area (Å²) in [6.07, 6.45) is 0.547. The van der Waals surface area contributed by atoms with Crippen molar-refractivity contribution in [2.45, 2.75) is 12.0 Å². The lowest BCUT2D eigenvalue weighted by Crippen LogP contribution is -2.34. The van der Waals surface area contributed by atoms with Crippen molar-refractivity contribution in [3.8, 4) is 11.1 Å². The van der Waals surface area contributed by atoms with E-state index in [-0.39, 0.29) is 18.3 Å². The topological polar surface area (TPSA) is 88.8 Å². The molecule has 0 aliphatic heterocycles. The fourth-order valence-corrected chi connectivity index (χ4v) is 3.47. The molecule has 6 nitrogen and oxygen atoms in total. The van der Waals surface area contributed by atoms with Crippen molar-refractivity contribution in [2.75, 3.05) is 6.61 Å². The van der Waals surface area contributed by atoms with Crippen LogP contribution in [0.25, 0.3) is 11.1 Å². The Hall–Kier alpha value is -3.54. The monoisotopic (exact) mass is 363 g/mol. The van der Waals surface area contributed by atoms with Crippen molar-refractivity contribution in [1.29, 1.82) is 0 Å². The molecule has 0 fully saturated rings. The van der Waals surface area contributed by atoms with Crippen molar-refractivity contribution in [2.24, 2.45) is 0 Å². The summed E-state index contributed by atoms with van der Waals surface area (Å²) in [6.45, 7) is 0.115. The summed E-state index contributed by atoms with van der Waals surface area (Å²) in [5, 5.41) is 11.6. The van der Waals surface area contributed by atoms with E-state index in [1.165, 1.54) is 12.3 Å². The predicted octanol–water partition coefficient (Wildman–Crippen LogP) is 3.94. The average molecular weight is 363 g/mol. The highest BCUT2D eigenvalue weighted by molar-refractivity contribution is 5.81. The number of carboxylic acid groups (broad SMARTS) is 1. The number of hydrogen-bond donors (Lipinski definition) is 2. The highest BCUT2D eigenvalue weighted by Crippen LogP contribution is 2.44. The number of amides is 1. The van der Waals surface area contributed by atoms with Gasteiger partial charge in [0.2, 0.25) is 0 Å². The highest BCUT2D eigenvalue weighted by Gasteiger charge is 2.30. The summed E-state index contributed by atoms with van der Waals surface area (Å²) >= 11 is 0. The molecule has 1 aromatic heterocycles. The van der Waals surface area contributed by atoms with Crippen molar-refractivity contribution < 1.29 is 23.8 Å². The molecule has 1 aliphatic carbocycles. The number of rotatable bonds is 5. The highest BCUT2D eigenvalue weighted by atomic mass is 16.5. The quantitative estimate of drug-likeness (QED) is 0.717. The van der Waals surface area contributed by atoms with Gasteiger partial charge in [0.15, 0.2) is 6.04 Å². The lowest BCUT2D eigenvalue weighted by atomic mass is 9.98. The minimum Gasteiger partial charge on any atom is -0.479 e. The minimum absolute atomic E-state index is 0.0879. The fraction of sp³-hybridized carbons (Fsp3) is 0.143. The molecule has 0 saturated carbocycles. The third-order valence-electron chi connectivity index (χ3n) is 4.68. The summed E-state index contributed by atoms with van der Waals surface area (Å²) < 4.78 is 10.4. The smallest absolute Gasteiger partial charge is 0.408 e. The Morgan fingerprint density at radius 2 is 1.63 bits per heavy atom. The first kappa shape index (κ1) is 16.9. The number of alkyl carbamates (subject to hydrolysis) is 1. The Morgan fingerprint density at radius 3 is 2.19 bits per heavy atom. The molecule has 2 N–H and O–H groups in total. The van der Waals surface area contributed by atoms with Crippen LogP contribution in [0.1, 0.15) is 28.8 Å². The van der Waals surface area contributed by atoms with Crippen LogP contribution in [0.15, 0.2) is 71.3 Å². The minimum atomic E-state index is -1.30. The number of furan rings is 1. The lowest BCUT2D eigenvalue weighted by Gasteiger charge is -2.16. The van der Waals surface area contributed by atoms with Gasteiger partial charge in [0.05, 0.1) is 6.26 Å². The molecule has 0 radical (unpaired) electrons. The van der Waals surface area contributed by atoms with Crippen molar-refractivity contribution in [3.05, 3.63) is 83.8 Å². The summed E-state index contributed by atoms with van der Waals surface area (Å²) in [5.41, 5.74) is 4.43. The Morgan fingerprint density at radius 1 is 1.00 bits per heavy atom. The van der Waals surface area contributed by atoms with Gasteiger partial charge in [0.25, 0.3) is 0 Å². The van der Waals surface area contributed by atoms with Gasteiger partial charge in [-0.25, -0.2) is 9.59 Å². The maximum Gasteiger partial charge on any atom is 0.408 e. The van der Waals surface area contributed by atoms with E-state index in [1.807, 2.05) is 48.5 Å². The molecular weight excluding hydrogens is 346 g/mol. The van der Waals surface area contributed by atoms with Crippen molar-refractivity contribution in [1.82, 2.24) is 5.32 Å². The van der Waals surface area contributed by atoms with Crippen LogP contribution in [-0.4, -0.2) is 23.8 Å². The molecule has 27 heavy (non-hydrogen) atoms. The molecule has 1 amide bonds. The Bertz CT molecular complexity index is 934. The number of ether oxygens (including phenoxy) is 1. The van der Waals surface area contributed by atoms with Gasteiger partial charge in [-0.1, -0.05) is 48.5 Å². The average Bonchev–Trinajstić information content (AvgIpc) is 3.31. The van der Waals surface area contributed by atoms with Gasteiger partial charge in [-0.05, 0) is 34.4 Å². The van der Waals surface area contributed by atoms with Crippen molar-refractivity contribution >= 4 is 12.1 Å². The molecule has 0 saturated heterocycles. The maximum absolute atomic E-state index is 12.2. The van der Waals surface area contributed by atoms with Crippen LogP contribution in [0.4, 0.5) is 4.79 Å². The maximum atomic E-state index is 12.2.